The minimum atomic E-state index is 0.209. The Bertz CT molecular complexity index is 544. The molecule has 0 aliphatic rings. The van der Waals surface area contributed by atoms with Crippen LogP contribution >= 0.6 is 12.2 Å². The number of ether oxygens (including phenoxy) is 1. The van der Waals surface area contributed by atoms with E-state index in [1.165, 1.54) is 0 Å². The van der Waals surface area contributed by atoms with Crippen molar-refractivity contribution in [1.82, 2.24) is 15.0 Å². The number of pyridine rings is 1. The molecule has 0 fully saturated rings. The van der Waals surface area contributed by atoms with Gasteiger partial charge in [-0.2, -0.15) is 4.98 Å². The van der Waals surface area contributed by atoms with Crippen LogP contribution in [0.15, 0.2) is 30.6 Å². The van der Waals surface area contributed by atoms with Crippen molar-refractivity contribution in [3.63, 3.8) is 0 Å². The number of nitrogens with zero attached hydrogens (tertiary/aromatic N) is 3. The summed E-state index contributed by atoms with van der Waals surface area (Å²) in [6.07, 6.45) is 3.23. The molecule has 0 spiro atoms. The minimum Gasteiger partial charge on any atom is -0.423 e. The molecule has 17 heavy (non-hydrogen) atoms. The van der Waals surface area contributed by atoms with Crippen molar-refractivity contribution in [3.05, 3.63) is 42.0 Å². The summed E-state index contributed by atoms with van der Waals surface area (Å²) < 4.78 is 5.45. The van der Waals surface area contributed by atoms with Gasteiger partial charge in [-0.3, -0.25) is 4.98 Å². The molecule has 0 unspecified atom stereocenters. The van der Waals surface area contributed by atoms with Gasteiger partial charge in [0.1, 0.15) is 16.4 Å². The summed E-state index contributed by atoms with van der Waals surface area (Å²) >= 11 is 4.87. The lowest BCUT2D eigenvalue weighted by Gasteiger charge is -2.05. The van der Waals surface area contributed by atoms with Crippen molar-refractivity contribution < 1.29 is 4.74 Å². The van der Waals surface area contributed by atoms with Crippen LogP contribution in [0.2, 0.25) is 0 Å². The second-order valence-corrected chi connectivity index (χ2v) is 3.77. The average Bonchev–Trinajstić information content (AvgIpc) is 2.29. The van der Waals surface area contributed by atoms with Crippen LogP contribution in [0.1, 0.15) is 11.4 Å². The molecular weight excluding hydrogens is 236 g/mol. The predicted octanol–water partition coefficient (Wildman–Crippen LogP) is 1.61. The lowest BCUT2D eigenvalue weighted by molar-refractivity contribution is 0.438. The zero-order chi connectivity index (χ0) is 12.3. The highest BCUT2D eigenvalue weighted by Gasteiger charge is 2.06. The van der Waals surface area contributed by atoms with E-state index in [1.807, 2.05) is 6.92 Å². The first-order valence-electron chi connectivity index (χ1n) is 4.88. The average molecular weight is 246 g/mol. The van der Waals surface area contributed by atoms with E-state index in [1.54, 1.807) is 30.6 Å². The number of hydrogen-bond donors (Lipinski definition) is 1. The van der Waals surface area contributed by atoms with Gasteiger partial charge in [0.25, 0.3) is 0 Å². The quantitative estimate of drug-likeness (QED) is 0.829. The third kappa shape index (κ3) is 2.94. The van der Waals surface area contributed by atoms with E-state index in [0.717, 1.165) is 5.69 Å². The number of nitrogens with two attached hydrogens (primary N) is 1. The maximum atomic E-state index is 5.52. The van der Waals surface area contributed by atoms with Crippen LogP contribution in [0.25, 0.3) is 0 Å². The second-order valence-electron chi connectivity index (χ2n) is 3.33. The first kappa shape index (κ1) is 11.4. The number of rotatable bonds is 3. The third-order valence-corrected chi connectivity index (χ3v) is 2.14. The van der Waals surface area contributed by atoms with Crippen LogP contribution in [0.4, 0.5) is 0 Å². The van der Waals surface area contributed by atoms with Gasteiger partial charge in [0.05, 0.1) is 6.20 Å². The number of aromatic nitrogens is 3. The molecule has 0 radical (unpaired) electrons. The van der Waals surface area contributed by atoms with E-state index in [-0.39, 0.29) is 11.0 Å². The molecule has 0 amide bonds. The Labute approximate surface area is 104 Å². The van der Waals surface area contributed by atoms with Gasteiger partial charge >= 0.3 is 6.01 Å². The SMILES string of the molecule is Cc1cc(C(N)=S)nc(Oc2cccnc2)n1. The summed E-state index contributed by atoms with van der Waals surface area (Å²) in [7, 11) is 0. The monoisotopic (exact) mass is 246 g/mol. The zero-order valence-electron chi connectivity index (χ0n) is 9.12. The first-order valence-corrected chi connectivity index (χ1v) is 5.29. The van der Waals surface area contributed by atoms with Crippen LogP contribution in [-0.2, 0) is 0 Å². The van der Waals surface area contributed by atoms with Crippen molar-refractivity contribution in [2.24, 2.45) is 5.73 Å². The van der Waals surface area contributed by atoms with Crippen molar-refractivity contribution >= 4 is 17.2 Å². The summed E-state index contributed by atoms with van der Waals surface area (Å²) in [5, 5.41) is 0. The summed E-state index contributed by atoms with van der Waals surface area (Å²) in [4.78, 5) is 12.4. The Morgan fingerprint density at radius 2 is 2.24 bits per heavy atom. The highest BCUT2D eigenvalue weighted by atomic mass is 32.1. The molecule has 0 aliphatic carbocycles. The maximum absolute atomic E-state index is 5.52. The topological polar surface area (TPSA) is 73.9 Å². The molecule has 2 rings (SSSR count). The number of aryl methyl sites for hydroxylation is 1. The minimum absolute atomic E-state index is 0.209. The molecule has 2 heterocycles. The molecule has 0 atom stereocenters. The fourth-order valence-corrected chi connectivity index (χ4v) is 1.33. The lowest BCUT2D eigenvalue weighted by Crippen LogP contribution is -2.13. The molecule has 0 saturated heterocycles. The van der Waals surface area contributed by atoms with Gasteiger partial charge in [0.15, 0.2) is 0 Å². The van der Waals surface area contributed by atoms with Crippen molar-refractivity contribution in [2.45, 2.75) is 6.92 Å². The predicted molar refractivity (Wildman–Crippen MR) is 67.0 cm³/mol. The zero-order valence-corrected chi connectivity index (χ0v) is 9.94. The van der Waals surface area contributed by atoms with Crippen LogP contribution in [0.5, 0.6) is 11.8 Å². The van der Waals surface area contributed by atoms with Crippen molar-refractivity contribution in [1.29, 1.82) is 0 Å². The van der Waals surface area contributed by atoms with Crippen LogP contribution < -0.4 is 10.5 Å². The lowest BCUT2D eigenvalue weighted by atomic mass is 10.3. The molecule has 6 heteroatoms. The van der Waals surface area contributed by atoms with Gasteiger partial charge in [-0.25, -0.2) is 4.98 Å². The van der Waals surface area contributed by atoms with Crippen LogP contribution in [0, 0.1) is 6.92 Å². The maximum Gasteiger partial charge on any atom is 0.322 e. The van der Waals surface area contributed by atoms with Crippen LogP contribution in [-0.4, -0.2) is 19.9 Å². The third-order valence-electron chi connectivity index (χ3n) is 1.93. The molecule has 5 nitrogen and oxygen atoms in total. The normalized spacial score (nSPS) is 9.94. The Kier molecular flexibility index (Phi) is 3.24. The van der Waals surface area contributed by atoms with E-state index in [2.05, 4.69) is 15.0 Å². The van der Waals surface area contributed by atoms with Crippen molar-refractivity contribution in [2.75, 3.05) is 0 Å². The van der Waals surface area contributed by atoms with Gasteiger partial charge in [-0.1, -0.05) is 12.2 Å². The molecule has 2 aromatic rings. The molecule has 0 aromatic carbocycles. The smallest absolute Gasteiger partial charge is 0.322 e. The number of thiocarbonyl (C=S) groups is 1. The van der Waals surface area contributed by atoms with Crippen LogP contribution in [0.3, 0.4) is 0 Å². The molecule has 0 aliphatic heterocycles. The van der Waals surface area contributed by atoms with Crippen molar-refractivity contribution in [3.8, 4) is 11.8 Å². The Balaban J connectivity index is 2.30. The first-order chi connectivity index (χ1) is 8.15. The van der Waals surface area contributed by atoms with Gasteiger partial charge in [0.2, 0.25) is 0 Å². The Morgan fingerprint density at radius 1 is 1.41 bits per heavy atom. The fraction of sp³-hybridized carbons (Fsp3) is 0.0909. The molecule has 0 saturated carbocycles. The standard InChI is InChI=1S/C11H10N4OS/c1-7-5-9(10(12)17)15-11(14-7)16-8-3-2-4-13-6-8/h2-6H,1H3,(H2,12,17). The van der Waals surface area contributed by atoms with E-state index < -0.39 is 0 Å². The molecule has 2 N–H and O–H groups in total. The Morgan fingerprint density at radius 3 is 2.88 bits per heavy atom. The Hall–Kier alpha value is -2.08. The summed E-state index contributed by atoms with van der Waals surface area (Å²) in [6, 6.07) is 5.44. The highest BCUT2D eigenvalue weighted by Crippen LogP contribution is 2.16. The van der Waals surface area contributed by atoms with Gasteiger partial charge in [-0.15, -0.1) is 0 Å². The molecular formula is C11H10N4OS. The summed E-state index contributed by atoms with van der Waals surface area (Å²) in [6.45, 7) is 1.82. The van der Waals surface area contributed by atoms with Gasteiger partial charge in [-0.05, 0) is 25.1 Å². The van der Waals surface area contributed by atoms with Gasteiger partial charge < -0.3 is 10.5 Å². The molecule has 2 aromatic heterocycles. The summed E-state index contributed by atoms with van der Waals surface area (Å²) in [5.41, 5.74) is 6.75. The highest BCUT2D eigenvalue weighted by molar-refractivity contribution is 7.80. The second kappa shape index (κ2) is 4.84. The molecule has 86 valence electrons. The fourth-order valence-electron chi connectivity index (χ4n) is 1.23. The molecule has 0 bridgehead atoms. The van der Waals surface area contributed by atoms with E-state index in [9.17, 15) is 0 Å². The van der Waals surface area contributed by atoms with Gasteiger partial charge in [0, 0.05) is 11.9 Å². The largest absolute Gasteiger partial charge is 0.423 e. The van der Waals surface area contributed by atoms with E-state index in [4.69, 9.17) is 22.7 Å². The van der Waals surface area contributed by atoms with E-state index >= 15 is 0 Å². The van der Waals surface area contributed by atoms with E-state index in [0.29, 0.717) is 11.4 Å². The summed E-state index contributed by atoms with van der Waals surface area (Å²) in [5.74, 6) is 0.562. The number of hydrogen-bond acceptors (Lipinski definition) is 5.